The van der Waals surface area contributed by atoms with E-state index in [1.54, 1.807) is 29.1 Å². The molecule has 0 unspecified atom stereocenters. The molecule has 0 saturated carbocycles. The number of nitrogens with zero attached hydrogens (tertiary/aromatic N) is 4. The standard InChI is InChI=1S/C18H23N5O3/c1-14(13-22-10-4-9-19-22)20-18(24)15-7-11-21(12-8-15)16-5-2-3-6-17(16)23(25)26/h2-6,9-10,14-15H,7-8,11-13H2,1H3,(H,20,24)/t14-/m1/s1. The summed E-state index contributed by atoms with van der Waals surface area (Å²) in [7, 11) is 0. The number of anilines is 1. The Kier molecular flexibility index (Phi) is 5.50. The van der Waals surface area contributed by atoms with Crippen molar-refractivity contribution in [2.75, 3.05) is 18.0 Å². The van der Waals surface area contributed by atoms with Crippen molar-refractivity contribution in [1.82, 2.24) is 15.1 Å². The van der Waals surface area contributed by atoms with Gasteiger partial charge in [-0.3, -0.25) is 19.6 Å². The van der Waals surface area contributed by atoms with Crippen LogP contribution in [0.2, 0.25) is 0 Å². The molecule has 0 bridgehead atoms. The molecule has 2 aromatic rings. The normalized spacial score (nSPS) is 16.3. The zero-order valence-electron chi connectivity index (χ0n) is 14.7. The third-order valence-electron chi connectivity index (χ3n) is 4.69. The maximum absolute atomic E-state index is 12.5. The van der Waals surface area contributed by atoms with E-state index in [1.165, 1.54) is 6.07 Å². The number of aromatic nitrogens is 2. The van der Waals surface area contributed by atoms with Crippen molar-refractivity contribution < 1.29 is 9.72 Å². The molecule has 138 valence electrons. The van der Waals surface area contributed by atoms with Crippen molar-refractivity contribution in [2.24, 2.45) is 5.92 Å². The summed E-state index contributed by atoms with van der Waals surface area (Å²) in [5.41, 5.74) is 0.742. The smallest absolute Gasteiger partial charge is 0.292 e. The largest absolute Gasteiger partial charge is 0.366 e. The Labute approximate surface area is 151 Å². The molecular formula is C18H23N5O3. The number of hydrogen-bond acceptors (Lipinski definition) is 5. The molecule has 2 heterocycles. The third kappa shape index (κ3) is 4.19. The number of nitro groups is 1. The van der Waals surface area contributed by atoms with Gasteiger partial charge in [-0.25, -0.2) is 0 Å². The summed E-state index contributed by atoms with van der Waals surface area (Å²) in [5, 5.41) is 18.4. The predicted octanol–water partition coefficient (Wildman–Crippen LogP) is 2.21. The van der Waals surface area contributed by atoms with E-state index in [9.17, 15) is 14.9 Å². The average molecular weight is 357 g/mol. The molecular weight excluding hydrogens is 334 g/mol. The van der Waals surface area contributed by atoms with E-state index >= 15 is 0 Å². The topological polar surface area (TPSA) is 93.3 Å². The maximum Gasteiger partial charge on any atom is 0.292 e. The lowest BCUT2D eigenvalue weighted by atomic mass is 9.95. The van der Waals surface area contributed by atoms with Gasteiger partial charge >= 0.3 is 0 Å². The first-order chi connectivity index (χ1) is 12.5. The first-order valence-electron chi connectivity index (χ1n) is 8.81. The Balaban J connectivity index is 1.53. The minimum absolute atomic E-state index is 0.00404. The summed E-state index contributed by atoms with van der Waals surface area (Å²) in [6.45, 7) is 3.86. The predicted molar refractivity (Wildman–Crippen MR) is 97.9 cm³/mol. The fourth-order valence-corrected chi connectivity index (χ4v) is 3.36. The molecule has 0 spiro atoms. The molecule has 1 aromatic carbocycles. The van der Waals surface area contributed by atoms with Gasteiger partial charge in [0.2, 0.25) is 5.91 Å². The van der Waals surface area contributed by atoms with Crippen LogP contribution in [0.3, 0.4) is 0 Å². The van der Waals surface area contributed by atoms with Gasteiger partial charge in [-0.05, 0) is 31.9 Å². The number of piperidine rings is 1. The molecule has 26 heavy (non-hydrogen) atoms. The minimum Gasteiger partial charge on any atom is -0.366 e. The fraction of sp³-hybridized carbons (Fsp3) is 0.444. The number of nitro benzene ring substituents is 1. The number of amides is 1. The Hall–Kier alpha value is -2.90. The number of carbonyl (C=O) groups is 1. The van der Waals surface area contributed by atoms with Crippen LogP contribution >= 0.6 is 0 Å². The zero-order valence-corrected chi connectivity index (χ0v) is 14.7. The molecule has 1 N–H and O–H groups in total. The van der Waals surface area contributed by atoms with E-state index in [0.29, 0.717) is 38.2 Å². The van der Waals surface area contributed by atoms with Gasteiger partial charge in [0.1, 0.15) is 5.69 Å². The third-order valence-corrected chi connectivity index (χ3v) is 4.69. The zero-order chi connectivity index (χ0) is 18.5. The molecule has 0 radical (unpaired) electrons. The molecule has 1 amide bonds. The Bertz CT molecular complexity index is 754. The molecule has 1 fully saturated rings. The lowest BCUT2D eigenvalue weighted by molar-refractivity contribution is -0.384. The van der Waals surface area contributed by atoms with Crippen molar-refractivity contribution in [3.8, 4) is 0 Å². The van der Waals surface area contributed by atoms with Crippen LogP contribution in [0.4, 0.5) is 11.4 Å². The highest BCUT2D eigenvalue weighted by atomic mass is 16.6. The first kappa shape index (κ1) is 17.9. The number of benzene rings is 1. The van der Waals surface area contributed by atoms with E-state index in [4.69, 9.17) is 0 Å². The van der Waals surface area contributed by atoms with E-state index in [1.807, 2.05) is 24.1 Å². The van der Waals surface area contributed by atoms with Gasteiger partial charge in [0.15, 0.2) is 0 Å². The van der Waals surface area contributed by atoms with Gasteiger partial charge in [0.05, 0.1) is 11.5 Å². The van der Waals surface area contributed by atoms with Crippen LogP contribution in [-0.2, 0) is 11.3 Å². The maximum atomic E-state index is 12.5. The Morgan fingerprint density at radius 3 is 2.73 bits per heavy atom. The van der Waals surface area contributed by atoms with Crippen LogP contribution in [0.1, 0.15) is 19.8 Å². The second-order valence-electron chi connectivity index (χ2n) is 6.64. The average Bonchev–Trinajstić information content (AvgIpc) is 3.14. The number of nitrogens with one attached hydrogen (secondary N) is 1. The summed E-state index contributed by atoms with van der Waals surface area (Å²) in [6, 6.07) is 8.61. The van der Waals surface area contributed by atoms with Crippen LogP contribution < -0.4 is 10.2 Å². The summed E-state index contributed by atoms with van der Waals surface area (Å²) in [6.07, 6.45) is 4.96. The van der Waals surface area contributed by atoms with Crippen molar-refractivity contribution in [3.05, 3.63) is 52.8 Å². The lowest BCUT2D eigenvalue weighted by Gasteiger charge is -2.33. The summed E-state index contributed by atoms with van der Waals surface area (Å²) in [4.78, 5) is 25.3. The molecule has 1 aromatic heterocycles. The van der Waals surface area contributed by atoms with Crippen LogP contribution in [-0.4, -0.2) is 39.7 Å². The highest BCUT2D eigenvalue weighted by Crippen LogP contribution is 2.31. The number of rotatable bonds is 6. The van der Waals surface area contributed by atoms with E-state index in [0.717, 1.165) is 0 Å². The molecule has 8 nitrogen and oxygen atoms in total. The highest BCUT2D eigenvalue weighted by molar-refractivity contribution is 5.79. The second-order valence-corrected chi connectivity index (χ2v) is 6.64. The molecule has 1 saturated heterocycles. The molecule has 0 aliphatic carbocycles. The van der Waals surface area contributed by atoms with E-state index in [2.05, 4.69) is 10.4 Å². The van der Waals surface area contributed by atoms with Gasteiger partial charge in [-0.2, -0.15) is 5.10 Å². The van der Waals surface area contributed by atoms with Crippen molar-refractivity contribution in [3.63, 3.8) is 0 Å². The fourth-order valence-electron chi connectivity index (χ4n) is 3.36. The number of carbonyl (C=O) groups excluding carboxylic acids is 1. The van der Waals surface area contributed by atoms with Gasteiger partial charge in [-0.1, -0.05) is 12.1 Å². The van der Waals surface area contributed by atoms with Crippen molar-refractivity contribution in [1.29, 1.82) is 0 Å². The SMILES string of the molecule is C[C@H](Cn1cccn1)NC(=O)C1CCN(c2ccccc2[N+](=O)[O-])CC1. The Morgan fingerprint density at radius 2 is 2.08 bits per heavy atom. The van der Waals surface area contributed by atoms with Gasteiger partial charge in [-0.15, -0.1) is 0 Å². The number of hydrogen-bond donors (Lipinski definition) is 1. The molecule has 3 rings (SSSR count). The quantitative estimate of drug-likeness (QED) is 0.632. The minimum atomic E-state index is -0.356. The van der Waals surface area contributed by atoms with Gasteiger partial charge in [0.25, 0.3) is 5.69 Å². The van der Waals surface area contributed by atoms with Crippen molar-refractivity contribution in [2.45, 2.75) is 32.4 Å². The number of para-hydroxylation sites is 2. The van der Waals surface area contributed by atoms with Gasteiger partial charge in [0, 0.05) is 43.5 Å². The van der Waals surface area contributed by atoms with Gasteiger partial charge < -0.3 is 10.2 Å². The van der Waals surface area contributed by atoms with Crippen LogP contribution in [0.5, 0.6) is 0 Å². The van der Waals surface area contributed by atoms with Crippen LogP contribution in [0.15, 0.2) is 42.7 Å². The Morgan fingerprint density at radius 1 is 1.35 bits per heavy atom. The van der Waals surface area contributed by atoms with Crippen LogP contribution in [0, 0.1) is 16.0 Å². The molecule has 1 aliphatic rings. The lowest BCUT2D eigenvalue weighted by Crippen LogP contribution is -2.44. The monoisotopic (exact) mass is 357 g/mol. The molecule has 1 atom stereocenters. The van der Waals surface area contributed by atoms with E-state index in [-0.39, 0.29) is 28.5 Å². The summed E-state index contributed by atoms with van der Waals surface area (Å²) >= 11 is 0. The summed E-state index contributed by atoms with van der Waals surface area (Å²) < 4.78 is 1.79. The molecule has 8 heteroatoms. The highest BCUT2D eigenvalue weighted by Gasteiger charge is 2.28. The van der Waals surface area contributed by atoms with E-state index < -0.39 is 0 Å². The summed E-state index contributed by atoms with van der Waals surface area (Å²) in [5.74, 6) is -0.0130. The van der Waals surface area contributed by atoms with Crippen molar-refractivity contribution >= 4 is 17.3 Å². The molecule has 1 aliphatic heterocycles. The van der Waals surface area contributed by atoms with Crippen LogP contribution in [0.25, 0.3) is 0 Å². The second kappa shape index (κ2) is 7.99. The first-order valence-corrected chi connectivity index (χ1v) is 8.81.